The van der Waals surface area contributed by atoms with Gasteiger partial charge < -0.3 is 121 Å². The Hall–Kier alpha value is -17.4. The summed E-state index contributed by atoms with van der Waals surface area (Å²) in [5, 5.41) is -0.270. The van der Waals surface area contributed by atoms with Crippen LogP contribution < -0.4 is 47.4 Å². The quantitative estimate of drug-likeness (QED) is 0.107. The molecule has 20 heterocycles. The van der Waals surface area contributed by atoms with Crippen molar-refractivity contribution in [1.82, 2.24) is 73.9 Å². The summed E-state index contributed by atoms with van der Waals surface area (Å²) in [4.78, 5) is 156. The van der Waals surface area contributed by atoms with Crippen molar-refractivity contribution in [2.24, 2.45) is 0 Å². The minimum Gasteiger partial charge on any atom is -0.454 e. The van der Waals surface area contributed by atoms with Crippen LogP contribution in [0.2, 0.25) is 0 Å². The molecule has 0 saturated carbocycles. The molecule has 35 heteroatoms. The van der Waals surface area contributed by atoms with Gasteiger partial charge in [0, 0.05) is 176 Å². The predicted molar refractivity (Wildman–Crippen MR) is 523 cm³/mol. The fourth-order valence-electron chi connectivity index (χ4n) is 19.4. The molecule has 0 bridgehead atoms. The van der Waals surface area contributed by atoms with E-state index in [9.17, 15) is 50.7 Å². The Morgan fingerprint density at radius 2 is 0.607 bits per heavy atom. The average molecular weight is 2000 g/mol. The number of nitrogens with zero attached hydrogens (tertiary/aromatic N) is 10. The maximum absolute atomic E-state index is 14.0. The van der Waals surface area contributed by atoms with E-state index < -0.39 is 422 Å². The summed E-state index contributed by atoms with van der Waals surface area (Å²) in [6.07, 6.45) is -14.4. The van der Waals surface area contributed by atoms with Crippen molar-refractivity contribution < 1.29 is 167 Å². The third kappa shape index (κ3) is 14.2. The number of ether oxygens (including phenoxy) is 10. The van der Waals surface area contributed by atoms with E-state index in [1.165, 1.54) is 20.2 Å². The summed E-state index contributed by atoms with van der Waals surface area (Å²) in [6.45, 7) is -28.0. The van der Waals surface area contributed by atoms with Gasteiger partial charge in [0.2, 0.25) is 92.9 Å². The molecule has 5 aromatic heterocycles. The molecule has 10 amide bonds. The number of hydrogen-bond donors (Lipinski definition) is 5. The second-order valence-electron chi connectivity index (χ2n) is 33.9. The lowest BCUT2D eigenvalue weighted by Crippen LogP contribution is -2.62. The van der Waals surface area contributed by atoms with E-state index in [0.717, 1.165) is 19.6 Å². The maximum atomic E-state index is 14.0. The molecule has 145 heavy (non-hydrogen) atoms. The van der Waals surface area contributed by atoms with E-state index in [0.29, 0.717) is 70.9 Å². The van der Waals surface area contributed by atoms with Gasteiger partial charge in [0.1, 0.15) is 35.6 Å². The van der Waals surface area contributed by atoms with Gasteiger partial charge in [0.05, 0.1) is 103 Å². The minimum atomic E-state index is -3.65. The molecule has 5 fully saturated rings. The first kappa shape index (κ1) is 48.9. The SMILES string of the molecule is [2H]C1([2H])c2c([nH]c3ccccc23)C(c2ccc3c(c2)OCO3)N2C(=O)CN(C)C(=O)[C@]21[2H].[2H]c1c([2H])c(C2c3[nH]c4c([2H])c([2H])c([2H])c([2H])c4c3C([2H])([2H])[C@@H]3C(=O)N(C([2H])([2H])[2H])C([2H])([2H])C(=O)N23)c([2H])c2c1OC([2H])([2H])O2.[2H]c1c([2H])c(C2c3[nH]c4c([2H])c([2H])c([2H])c([2H])c4c3C([2H])([2H])[C@@H]3C(=O)N(C([2H])([2H])[2H])C([2H])([2H])C(=O)N23)c([2H])c2c1OCO2.[2H]c1c([2H])c(C2c3[nH]c4ccccc4c3C([2H])([2H])[C@@H]3C(=O)N(C([2H])([2H])[2H])C([2H])([2H])C(=O)N23)c([2H])c2c1OC([2H])([2H])O2.[2H]c1c([2H])c([2H])c2c3c([nH]c2c1[2H])C(c1ccc2c(c1)OCO2)N1C(=O)CN(C)C(=O)[C@@]1([2H])C3([2H])[2H]. The number of rotatable bonds is 5. The fraction of sp³-hybridized carbons (Fsp3) is 0.273. The van der Waals surface area contributed by atoms with E-state index in [1.54, 1.807) is 66.7 Å². The average Bonchev–Trinajstić information content (AvgIpc) is 1.55. The van der Waals surface area contributed by atoms with Crippen LogP contribution in [-0.2, 0) is 79.8 Å². The van der Waals surface area contributed by atoms with Crippen LogP contribution in [-0.4, -0.2) is 265 Å². The molecule has 35 nitrogen and oxygen atoms in total. The van der Waals surface area contributed by atoms with Crippen LogP contribution in [0.15, 0.2) is 212 Å². The Balaban J connectivity index is 0.000000116. The number of aromatic nitrogens is 5. The molecule has 0 aliphatic carbocycles. The first-order valence-electron chi connectivity index (χ1n) is 69.7. The summed E-state index contributed by atoms with van der Waals surface area (Å²) < 4.78 is 490. The third-order valence-corrected chi connectivity index (χ3v) is 25.8. The second kappa shape index (κ2) is 33.9. The Labute approximate surface area is 899 Å². The molecule has 5 saturated heterocycles. The molecular formula is C110H95N15O20. The molecule has 10 atom stereocenters. The maximum Gasteiger partial charge on any atom is 0.245 e. The molecule has 730 valence electrons. The number of hydrogen-bond acceptors (Lipinski definition) is 20. The van der Waals surface area contributed by atoms with Crippen LogP contribution in [0.25, 0.3) is 54.5 Å². The monoisotopic (exact) mass is 2000 g/mol. The van der Waals surface area contributed by atoms with E-state index in [4.69, 9.17) is 116 Å². The first-order chi connectivity index (χ1) is 91.2. The highest BCUT2D eigenvalue weighted by molar-refractivity contribution is 6.03. The fourth-order valence-corrected chi connectivity index (χ4v) is 19.4. The smallest absolute Gasteiger partial charge is 0.245 e. The van der Waals surface area contributed by atoms with Crippen molar-refractivity contribution in [3.63, 3.8) is 0 Å². The van der Waals surface area contributed by atoms with Gasteiger partial charge >= 0.3 is 0 Å². The van der Waals surface area contributed by atoms with Gasteiger partial charge in [-0.2, -0.15) is 0 Å². The van der Waals surface area contributed by atoms with Gasteiger partial charge in [-0.05, 0) is 146 Å². The van der Waals surface area contributed by atoms with Crippen molar-refractivity contribution >= 4 is 114 Å². The summed E-state index contributed by atoms with van der Waals surface area (Å²) in [5.74, 6) is -14.3. The molecular weight excluding hydrogens is 1850 g/mol. The van der Waals surface area contributed by atoms with Crippen molar-refractivity contribution in [2.45, 2.75) is 92.2 Å². The van der Waals surface area contributed by atoms with Crippen molar-refractivity contribution in [3.05, 3.63) is 296 Å². The first-order valence-corrected chi connectivity index (χ1v) is 43.7. The highest BCUT2D eigenvalue weighted by Gasteiger charge is 2.55. The Morgan fingerprint density at radius 3 is 1.00 bits per heavy atom. The topological polar surface area (TPSA) is 374 Å². The Bertz CT molecular complexity index is 11000. The number of likely N-dealkylation sites (N-methyl/N-ethyl adjacent to an activating group) is 5. The molecule has 15 aliphatic rings. The van der Waals surface area contributed by atoms with Gasteiger partial charge in [0.25, 0.3) is 0 Å². The van der Waals surface area contributed by atoms with Gasteiger partial charge in [-0.25, -0.2) is 0 Å². The number of amides is 10. The minimum absolute atomic E-state index is 0.0130. The molecule has 0 spiro atoms. The number of nitrogens with one attached hydrogen (secondary N) is 5. The molecule has 5 unspecified atom stereocenters. The Morgan fingerprint density at radius 1 is 0.297 bits per heavy atom. The van der Waals surface area contributed by atoms with Crippen molar-refractivity contribution in [1.29, 1.82) is 0 Å². The van der Waals surface area contributed by atoms with Crippen LogP contribution in [0.5, 0.6) is 57.5 Å². The van der Waals surface area contributed by atoms with Crippen LogP contribution >= 0.6 is 0 Å². The molecule has 0 radical (unpaired) electrons. The van der Waals surface area contributed by atoms with Crippen molar-refractivity contribution in [3.8, 4) is 57.5 Å². The largest absolute Gasteiger partial charge is 0.454 e. The standard InChI is InChI=1S/5C22H19N3O4/c5*1-24-10-19(26)25-16(22(24)27)9-14-13-4-2-3-5-15(13)23-20(14)21(25)12-6-7-17-18(8-12)29-11-28-17/h5*2-8,16,21,23H,9-11H2,1H3/t5*16-,21?/m11111/s1/i1D3,2D,3D,4D,5D,6D,7D,8D,9D2,10D2,11D2;1D3,2D,3D,4D,5D,6D,7D,8D,9D2,10D2;1D3,6D,7D,8D,9D2,10D2,11D2;2D,3D,4D,5D,9D2,16D;9D2,16D. The second-order valence-corrected chi connectivity index (χ2v) is 33.9. The zero-order valence-corrected chi connectivity index (χ0v) is 73.9. The zero-order valence-electron chi connectivity index (χ0n) is 126. The highest BCUT2D eigenvalue weighted by Crippen LogP contribution is 2.53. The van der Waals surface area contributed by atoms with Crippen LogP contribution in [0.3, 0.4) is 0 Å². The number of aromatic amines is 5. The van der Waals surface area contributed by atoms with E-state index >= 15 is 0 Å². The summed E-state index contributed by atoms with van der Waals surface area (Å²) in [6, 6.07) is -11.8. The molecule has 30 rings (SSSR count). The Kier molecular flexibility index (Phi) is 11.4. The summed E-state index contributed by atoms with van der Waals surface area (Å²) in [7, 11) is 2.74. The number of fused-ring (bicyclic) bond motifs is 25. The van der Waals surface area contributed by atoms with E-state index in [2.05, 4.69) is 24.9 Å². The molecule has 15 aromatic rings. The number of benzene rings is 10. The molecule has 10 aromatic carbocycles. The lowest BCUT2D eigenvalue weighted by Gasteiger charge is -2.46. The highest BCUT2D eigenvalue weighted by atomic mass is 16.7. The normalized spacial score (nSPS) is 32.7. The van der Waals surface area contributed by atoms with E-state index in [-0.39, 0.29) is 97.9 Å². The number of carbonyl (C=O) groups is 10. The lowest BCUT2D eigenvalue weighted by atomic mass is 9.86. The van der Waals surface area contributed by atoms with Crippen LogP contribution in [0, 0.1) is 0 Å². The number of H-pyrrole nitrogens is 5. The van der Waals surface area contributed by atoms with Gasteiger partial charge in [0.15, 0.2) is 57.5 Å². The number of carbonyl (C=O) groups excluding carboxylic acids is 10. The zero-order chi connectivity index (χ0) is 144. The van der Waals surface area contributed by atoms with Gasteiger partial charge in [-0.15, -0.1) is 0 Å². The van der Waals surface area contributed by atoms with E-state index in [1.807, 2.05) is 12.1 Å². The lowest BCUT2D eigenvalue weighted by molar-refractivity contribution is -0.157. The third-order valence-electron chi connectivity index (χ3n) is 25.8. The summed E-state index contributed by atoms with van der Waals surface area (Å²) in [5.41, 5.74) is -2.70. The van der Waals surface area contributed by atoms with Gasteiger partial charge in [-0.3, -0.25) is 47.9 Å². The number of para-hydroxylation sites is 5. The van der Waals surface area contributed by atoms with Gasteiger partial charge in [-0.1, -0.05) is 121 Å². The number of piperazine rings is 5. The van der Waals surface area contributed by atoms with Crippen molar-refractivity contribution in [2.75, 3.05) is 101 Å². The van der Waals surface area contributed by atoms with Crippen LogP contribution in [0.4, 0.5) is 0 Å². The molecule has 5 N–H and O–H groups in total. The molecule has 15 aliphatic heterocycles. The predicted octanol–water partition coefficient (Wildman–Crippen LogP) is 11.1. The summed E-state index contributed by atoms with van der Waals surface area (Å²) >= 11 is 0. The van der Waals surface area contributed by atoms with Crippen LogP contribution in [0.1, 0.15) is 186 Å².